The molecule has 1 saturated heterocycles. The SMILES string of the molecule is CN1CC[C@@H](Oc2cc(NS(=O)(=O)c3cnc(Oc4ccc(Cl)c(Cl)c4)c(Br)c3)ccc2Cl)C1. The van der Waals surface area contributed by atoms with Crippen LogP contribution in [0.4, 0.5) is 5.69 Å². The fraction of sp³-hybridized carbons (Fsp3) is 0.227. The van der Waals surface area contributed by atoms with Gasteiger partial charge in [0, 0.05) is 25.2 Å². The van der Waals surface area contributed by atoms with Crippen molar-refractivity contribution in [3.63, 3.8) is 0 Å². The summed E-state index contributed by atoms with van der Waals surface area (Å²) in [6.07, 6.45) is 2.07. The van der Waals surface area contributed by atoms with Crippen molar-refractivity contribution in [1.82, 2.24) is 9.88 Å². The molecule has 1 atom stereocenters. The van der Waals surface area contributed by atoms with Crippen molar-refractivity contribution in [2.45, 2.75) is 17.4 Å². The van der Waals surface area contributed by atoms with Gasteiger partial charge in [-0.25, -0.2) is 13.4 Å². The number of rotatable bonds is 7. The number of likely N-dealkylation sites (N-methyl/N-ethyl adjacent to an activating group) is 1. The van der Waals surface area contributed by atoms with E-state index < -0.39 is 10.0 Å². The first-order valence-corrected chi connectivity index (χ1v) is 13.5. The standard InChI is InChI=1S/C22H19BrCl3N3O4S/c1-29-7-6-15(12-29)32-21-8-13(2-4-19(21)25)28-34(30,31)16-10-17(23)22(27-11-16)33-14-3-5-18(24)20(26)9-14/h2-5,8-11,15,28H,6-7,12H2,1H3/t15-/m1/s1. The van der Waals surface area contributed by atoms with Gasteiger partial charge in [-0.05, 0) is 59.7 Å². The van der Waals surface area contributed by atoms with Crippen molar-refractivity contribution in [2.24, 2.45) is 0 Å². The Labute approximate surface area is 221 Å². The van der Waals surface area contributed by atoms with Crippen LogP contribution in [0, 0.1) is 0 Å². The van der Waals surface area contributed by atoms with Gasteiger partial charge in [0.2, 0.25) is 5.88 Å². The van der Waals surface area contributed by atoms with Gasteiger partial charge in [-0.3, -0.25) is 4.72 Å². The van der Waals surface area contributed by atoms with Gasteiger partial charge in [-0.1, -0.05) is 34.8 Å². The lowest BCUT2D eigenvalue weighted by Gasteiger charge is -2.16. The molecular formula is C22H19BrCl3N3O4S. The maximum atomic E-state index is 13.0. The van der Waals surface area contributed by atoms with Crippen LogP contribution in [-0.4, -0.2) is 44.5 Å². The molecule has 2 aromatic carbocycles. The van der Waals surface area contributed by atoms with Crippen LogP contribution < -0.4 is 14.2 Å². The van der Waals surface area contributed by atoms with Gasteiger partial charge in [0.05, 0.1) is 31.4 Å². The number of anilines is 1. The zero-order valence-corrected chi connectivity index (χ0v) is 22.4. The van der Waals surface area contributed by atoms with Crippen LogP contribution >= 0.6 is 50.7 Å². The molecule has 4 rings (SSSR count). The lowest BCUT2D eigenvalue weighted by Crippen LogP contribution is -2.21. The third kappa shape index (κ3) is 6.08. The number of nitrogens with one attached hydrogen (secondary N) is 1. The van der Waals surface area contributed by atoms with Gasteiger partial charge >= 0.3 is 0 Å². The number of hydrogen-bond acceptors (Lipinski definition) is 6. The Bertz CT molecular complexity index is 1330. The first-order valence-electron chi connectivity index (χ1n) is 10.1. The summed E-state index contributed by atoms with van der Waals surface area (Å²) in [4.78, 5) is 6.22. The number of nitrogens with zero attached hydrogens (tertiary/aromatic N) is 2. The molecule has 180 valence electrons. The van der Waals surface area contributed by atoms with Crippen LogP contribution in [0.2, 0.25) is 15.1 Å². The molecular weight excluding hydrogens is 589 g/mol. The molecule has 3 aromatic rings. The minimum Gasteiger partial charge on any atom is -0.487 e. The van der Waals surface area contributed by atoms with E-state index >= 15 is 0 Å². The zero-order valence-electron chi connectivity index (χ0n) is 17.8. The highest BCUT2D eigenvalue weighted by Gasteiger charge is 2.23. The Hall–Kier alpha value is -1.75. The van der Waals surface area contributed by atoms with Gasteiger partial charge in [0.1, 0.15) is 22.5 Å². The highest BCUT2D eigenvalue weighted by Crippen LogP contribution is 2.34. The van der Waals surface area contributed by atoms with E-state index in [1.54, 1.807) is 30.3 Å². The number of halogens is 4. The fourth-order valence-corrected chi connectivity index (χ4v) is 5.37. The van der Waals surface area contributed by atoms with Gasteiger partial charge in [-0.15, -0.1) is 0 Å². The molecule has 1 aliphatic rings. The molecule has 1 fully saturated rings. The minimum atomic E-state index is -3.95. The summed E-state index contributed by atoms with van der Waals surface area (Å²) in [6, 6.07) is 10.9. The van der Waals surface area contributed by atoms with Gasteiger partial charge in [0.25, 0.3) is 10.0 Å². The van der Waals surface area contributed by atoms with Crippen molar-refractivity contribution < 1.29 is 17.9 Å². The summed E-state index contributed by atoms with van der Waals surface area (Å²) >= 11 is 21.5. The second-order valence-corrected chi connectivity index (χ2v) is 11.4. The number of aromatic nitrogens is 1. The lowest BCUT2D eigenvalue weighted by molar-refractivity contribution is 0.208. The molecule has 0 bridgehead atoms. The molecule has 0 unspecified atom stereocenters. The smallest absolute Gasteiger partial charge is 0.263 e. The monoisotopic (exact) mass is 605 g/mol. The second-order valence-electron chi connectivity index (χ2n) is 7.68. The summed E-state index contributed by atoms with van der Waals surface area (Å²) in [5, 5.41) is 1.12. The maximum absolute atomic E-state index is 13.0. The summed E-state index contributed by atoms with van der Waals surface area (Å²) in [7, 11) is -1.93. The number of sulfonamides is 1. The molecule has 0 amide bonds. The van der Waals surface area contributed by atoms with Crippen molar-refractivity contribution in [3.8, 4) is 17.4 Å². The number of benzene rings is 2. The van der Waals surface area contributed by atoms with E-state index in [4.69, 9.17) is 44.3 Å². The average Bonchev–Trinajstić information content (AvgIpc) is 3.19. The van der Waals surface area contributed by atoms with E-state index in [0.29, 0.717) is 36.7 Å². The van der Waals surface area contributed by atoms with Crippen LogP contribution in [0.3, 0.4) is 0 Å². The van der Waals surface area contributed by atoms with Crippen LogP contribution in [0.1, 0.15) is 6.42 Å². The largest absolute Gasteiger partial charge is 0.487 e. The summed E-state index contributed by atoms with van der Waals surface area (Å²) in [5.41, 5.74) is 0.318. The minimum absolute atomic E-state index is 0.00224. The van der Waals surface area contributed by atoms with Crippen molar-refractivity contribution in [2.75, 3.05) is 24.9 Å². The molecule has 0 saturated carbocycles. The first-order chi connectivity index (χ1) is 16.1. The van der Waals surface area contributed by atoms with Crippen molar-refractivity contribution in [3.05, 3.63) is 68.2 Å². The van der Waals surface area contributed by atoms with E-state index in [1.807, 2.05) is 7.05 Å². The predicted molar refractivity (Wildman–Crippen MR) is 137 cm³/mol. The third-order valence-electron chi connectivity index (χ3n) is 5.02. The molecule has 1 aliphatic heterocycles. The molecule has 2 heterocycles. The quantitative estimate of drug-likeness (QED) is 0.331. The van der Waals surface area contributed by atoms with Crippen LogP contribution in [0.25, 0.3) is 0 Å². The Morgan fingerprint density at radius 2 is 1.85 bits per heavy atom. The van der Waals surface area contributed by atoms with E-state index in [2.05, 4.69) is 30.5 Å². The van der Waals surface area contributed by atoms with Crippen molar-refractivity contribution >= 4 is 66.4 Å². The normalized spacial score (nSPS) is 16.4. The molecule has 34 heavy (non-hydrogen) atoms. The highest BCUT2D eigenvalue weighted by atomic mass is 79.9. The number of hydrogen-bond donors (Lipinski definition) is 1. The molecule has 1 aromatic heterocycles. The molecule has 1 N–H and O–H groups in total. The Morgan fingerprint density at radius 1 is 1.09 bits per heavy atom. The summed E-state index contributed by atoms with van der Waals surface area (Å²) in [5.74, 6) is 0.992. The molecule has 0 radical (unpaired) electrons. The Morgan fingerprint density at radius 3 is 2.53 bits per heavy atom. The maximum Gasteiger partial charge on any atom is 0.263 e. The van der Waals surface area contributed by atoms with Crippen molar-refractivity contribution in [1.29, 1.82) is 0 Å². The second kappa shape index (κ2) is 10.5. The number of ether oxygens (including phenoxy) is 2. The van der Waals surface area contributed by atoms with E-state index in [1.165, 1.54) is 18.3 Å². The van der Waals surface area contributed by atoms with Crippen LogP contribution in [0.15, 0.2) is 58.0 Å². The molecule has 7 nitrogen and oxygen atoms in total. The lowest BCUT2D eigenvalue weighted by atomic mass is 10.3. The summed E-state index contributed by atoms with van der Waals surface area (Å²) in [6.45, 7) is 1.71. The fourth-order valence-electron chi connectivity index (χ4n) is 3.32. The van der Waals surface area contributed by atoms with Crippen LogP contribution in [0.5, 0.6) is 17.4 Å². The first kappa shape index (κ1) is 25.3. The number of likely N-dealkylation sites (tertiary alicyclic amines) is 1. The average molecular weight is 608 g/mol. The highest BCUT2D eigenvalue weighted by molar-refractivity contribution is 9.10. The zero-order chi connectivity index (χ0) is 24.5. The van der Waals surface area contributed by atoms with Gasteiger partial charge in [0.15, 0.2) is 0 Å². The Balaban J connectivity index is 1.50. The van der Waals surface area contributed by atoms with Gasteiger partial charge in [-0.2, -0.15) is 0 Å². The van der Waals surface area contributed by atoms with E-state index in [9.17, 15) is 8.42 Å². The molecule has 12 heteroatoms. The van der Waals surface area contributed by atoms with Crippen LogP contribution in [-0.2, 0) is 10.0 Å². The van der Waals surface area contributed by atoms with E-state index in [0.717, 1.165) is 19.5 Å². The predicted octanol–water partition coefficient (Wildman–Crippen LogP) is 6.48. The van der Waals surface area contributed by atoms with E-state index in [-0.39, 0.29) is 16.9 Å². The molecule has 0 spiro atoms. The summed E-state index contributed by atoms with van der Waals surface area (Å²) < 4.78 is 40.5. The topological polar surface area (TPSA) is 80.8 Å². The molecule has 0 aliphatic carbocycles. The van der Waals surface area contributed by atoms with Gasteiger partial charge < -0.3 is 14.4 Å². The number of pyridine rings is 1. The third-order valence-corrected chi connectivity index (χ3v) is 7.99. The Kier molecular flexibility index (Phi) is 7.81.